The number of hydrogen-bond acceptors (Lipinski definition) is 3. The number of nitrogens with zero attached hydrogens (tertiary/aromatic N) is 1. The van der Waals surface area contributed by atoms with E-state index in [4.69, 9.17) is 4.74 Å². The van der Waals surface area contributed by atoms with E-state index in [0.29, 0.717) is 18.0 Å². The molecule has 1 heterocycles. The standard InChI is InChI=1S/C17H28N2O/c1-5-8-14-12-19(16(11-18-14)13(2)3)15-9-6-7-10-17(15)20-4/h6-7,9-10,13-14,16,18H,5,8,11-12H2,1-4H3. The maximum atomic E-state index is 5.56. The lowest BCUT2D eigenvalue weighted by molar-refractivity contribution is 0.323. The van der Waals surface area contributed by atoms with Gasteiger partial charge in [-0.3, -0.25) is 0 Å². The molecule has 20 heavy (non-hydrogen) atoms. The first-order valence-corrected chi connectivity index (χ1v) is 7.80. The van der Waals surface area contributed by atoms with Crippen LogP contribution in [0.2, 0.25) is 0 Å². The molecule has 0 radical (unpaired) electrons. The van der Waals surface area contributed by atoms with Crippen LogP contribution >= 0.6 is 0 Å². The highest BCUT2D eigenvalue weighted by Crippen LogP contribution is 2.32. The molecule has 1 fully saturated rings. The van der Waals surface area contributed by atoms with Crippen LogP contribution in [-0.4, -0.2) is 32.3 Å². The molecule has 0 bridgehead atoms. The van der Waals surface area contributed by atoms with Crippen molar-refractivity contribution in [3.63, 3.8) is 0 Å². The predicted molar refractivity (Wildman–Crippen MR) is 85.7 cm³/mol. The number of ether oxygens (including phenoxy) is 1. The summed E-state index contributed by atoms with van der Waals surface area (Å²) in [6.07, 6.45) is 2.46. The molecule has 3 heteroatoms. The average Bonchev–Trinajstić information content (AvgIpc) is 2.47. The first kappa shape index (κ1) is 15.2. The van der Waals surface area contributed by atoms with Crippen molar-refractivity contribution in [2.75, 3.05) is 25.1 Å². The Morgan fingerprint density at radius 3 is 2.75 bits per heavy atom. The van der Waals surface area contributed by atoms with Gasteiger partial charge in [-0.15, -0.1) is 0 Å². The third kappa shape index (κ3) is 3.26. The fourth-order valence-electron chi connectivity index (χ4n) is 3.12. The summed E-state index contributed by atoms with van der Waals surface area (Å²) in [6, 6.07) is 9.50. The second kappa shape index (κ2) is 6.98. The summed E-state index contributed by atoms with van der Waals surface area (Å²) >= 11 is 0. The first-order valence-electron chi connectivity index (χ1n) is 7.80. The number of para-hydroxylation sites is 2. The fraction of sp³-hybridized carbons (Fsp3) is 0.647. The number of methoxy groups -OCH3 is 1. The molecule has 1 aliphatic rings. The minimum Gasteiger partial charge on any atom is -0.495 e. The number of hydrogen-bond donors (Lipinski definition) is 1. The Morgan fingerprint density at radius 2 is 2.10 bits per heavy atom. The van der Waals surface area contributed by atoms with Gasteiger partial charge in [0.25, 0.3) is 0 Å². The molecule has 1 aromatic carbocycles. The lowest BCUT2D eigenvalue weighted by Crippen LogP contribution is -2.58. The molecule has 0 aromatic heterocycles. The first-order chi connectivity index (χ1) is 9.67. The van der Waals surface area contributed by atoms with E-state index in [2.05, 4.69) is 49.2 Å². The van der Waals surface area contributed by atoms with Gasteiger partial charge in [-0.05, 0) is 24.5 Å². The van der Waals surface area contributed by atoms with E-state index in [9.17, 15) is 0 Å². The van der Waals surface area contributed by atoms with Gasteiger partial charge in [-0.2, -0.15) is 0 Å². The summed E-state index contributed by atoms with van der Waals surface area (Å²) in [7, 11) is 1.76. The van der Waals surface area contributed by atoms with Crippen molar-refractivity contribution in [3.8, 4) is 5.75 Å². The van der Waals surface area contributed by atoms with E-state index >= 15 is 0 Å². The van der Waals surface area contributed by atoms with Gasteiger partial charge in [-0.25, -0.2) is 0 Å². The topological polar surface area (TPSA) is 24.5 Å². The maximum absolute atomic E-state index is 5.56. The zero-order valence-corrected chi connectivity index (χ0v) is 13.2. The van der Waals surface area contributed by atoms with Gasteiger partial charge < -0.3 is 15.0 Å². The van der Waals surface area contributed by atoms with Crippen LogP contribution in [0.5, 0.6) is 5.75 Å². The SMILES string of the molecule is CCCC1CN(c2ccccc2OC)C(C(C)C)CN1. The quantitative estimate of drug-likeness (QED) is 0.893. The van der Waals surface area contributed by atoms with Crippen LogP contribution in [0.1, 0.15) is 33.6 Å². The van der Waals surface area contributed by atoms with Gasteiger partial charge in [0.1, 0.15) is 5.75 Å². The van der Waals surface area contributed by atoms with Crippen LogP contribution in [0.25, 0.3) is 0 Å². The lowest BCUT2D eigenvalue weighted by Gasteiger charge is -2.44. The van der Waals surface area contributed by atoms with Crippen LogP contribution in [0, 0.1) is 5.92 Å². The zero-order valence-electron chi connectivity index (χ0n) is 13.2. The van der Waals surface area contributed by atoms with Crippen LogP contribution in [0.3, 0.4) is 0 Å². The highest BCUT2D eigenvalue weighted by atomic mass is 16.5. The van der Waals surface area contributed by atoms with E-state index < -0.39 is 0 Å². The maximum Gasteiger partial charge on any atom is 0.142 e. The third-order valence-corrected chi connectivity index (χ3v) is 4.23. The Morgan fingerprint density at radius 1 is 1.35 bits per heavy atom. The van der Waals surface area contributed by atoms with Crippen molar-refractivity contribution >= 4 is 5.69 Å². The Labute approximate surface area is 123 Å². The molecule has 0 aliphatic carbocycles. The van der Waals surface area contributed by atoms with Crippen molar-refractivity contribution in [1.82, 2.24) is 5.32 Å². The number of piperazine rings is 1. The van der Waals surface area contributed by atoms with E-state index in [1.165, 1.54) is 18.5 Å². The Kier molecular flexibility index (Phi) is 5.30. The normalized spacial score (nSPS) is 23.1. The molecule has 1 saturated heterocycles. The lowest BCUT2D eigenvalue weighted by atomic mass is 9.96. The minimum atomic E-state index is 0.527. The number of benzene rings is 1. The fourth-order valence-corrected chi connectivity index (χ4v) is 3.12. The highest BCUT2D eigenvalue weighted by molar-refractivity contribution is 5.59. The average molecular weight is 276 g/mol. The van der Waals surface area contributed by atoms with Gasteiger partial charge in [0.05, 0.1) is 12.8 Å². The van der Waals surface area contributed by atoms with E-state index in [1.807, 2.05) is 6.07 Å². The van der Waals surface area contributed by atoms with Crippen molar-refractivity contribution in [1.29, 1.82) is 0 Å². The van der Waals surface area contributed by atoms with Crippen molar-refractivity contribution in [2.24, 2.45) is 5.92 Å². The number of rotatable bonds is 5. The predicted octanol–water partition coefficient (Wildman–Crippen LogP) is 3.30. The summed E-state index contributed by atoms with van der Waals surface area (Å²) < 4.78 is 5.56. The summed E-state index contributed by atoms with van der Waals surface area (Å²) in [5, 5.41) is 3.71. The molecule has 2 rings (SSSR count). The molecule has 0 amide bonds. The minimum absolute atomic E-state index is 0.527. The molecule has 1 N–H and O–H groups in total. The van der Waals surface area contributed by atoms with E-state index in [0.717, 1.165) is 18.8 Å². The van der Waals surface area contributed by atoms with Gasteiger partial charge in [0.15, 0.2) is 0 Å². The smallest absolute Gasteiger partial charge is 0.142 e. The monoisotopic (exact) mass is 276 g/mol. The summed E-state index contributed by atoms with van der Waals surface area (Å²) in [6.45, 7) is 8.98. The zero-order chi connectivity index (χ0) is 14.5. The Bertz CT molecular complexity index is 419. The second-order valence-electron chi connectivity index (χ2n) is 6.03. The van der Waals surface area contributed by atoms with Gasteiger partial charge in [-0.1, -0.05) is 39.3 Å². The third-order valence-electron chi connectivity index (χ3n) is 4.23. The molecule has 0 saturated carbocycles. The molecular weight excluding hydrogens is 248 g/mol. The molecule has 112 valence electrons. The Hall–Kier alpha value is -1.22. The largest absolute Gasteiger partial charge is 0.495 e. The summed E-state index contributed by atoms with van der Waals surface area (Å²) in [5.41, 5.74) is 1.23. The van der Waals surface area contributed by atoms with Gasteiger partial charge in [0.2, 0.25) is 0 Å². The second-order valence-corrected chi connectivity index (χ2v) is 6.03. The molecule has 1 aliphatic heterocycles. The number of nitrogens with one attached hydrogen (secondary N) is 1. The van der Waals surface area contributed by atoms with Crippen molar-refractivity contribution in [3.05, 3.63) is 24.3 Å². The van der Waals surface area contributed by atoms with Gasteiger partial charge in [0, 0.05) is 25.2 Å². The van der Waals surface area contributed by atoms with Crippen LogP contribution in [-0.2, 0) is 0 Å². The summed E-state index contributed by atoms with van der Waals surface area (Å²) in [4.78, 5) is 2.54. The molecular formula is C17H28N2O. The highest BCUT2D eigenvalue weighted by Gasteiger charge is 2.30. The molecule has 0 spiro atoms. The van der Waals surface area contributed by atoms with Crippen LogP contribution in [0.15, 0.2) is 24.3 Å². The van der Waals surface area contributed by atoms with E-state index in [-0.39, 0.29) is 0 Å². The molecule has 2 unspecified atom stereocenters. The van der Waals surface area contributed by atoms with Crippen LogP contribution in [0.4, 0.5) is 5.69 Å². The Balaban J connectivity index is 2.26. The van der Waals surface area contributed by atoms with Gasteiger partial charge >= 0.3 is 0 Å². The number of anilines is 1. The van der Waals surface area contributed by atoms with Crippen molar-refractivity contribution in [2.45, 2.75) is 45.7 Å². The van der Waals surface area contributed by atoms with Crippen LogP contribution < -0.4 is 15.0 Å². The van der Waals surface area contributed by atoms with E-state index in [1.54, 1.807) is 7.11 Å². The molecule has 3 nitrogen and oxygen atoms in total. The summed E-state index contributed by atoms with van der Waals surface area (Å²) in [5.74, 6) is 1.60. The molecule has 1 aromatic rings. The molecule has 2 atom stereocenters. The van der Waals surface area contributed by atoms with Crippen molar-refractivity contribution < 1.29 is 4.74 Å².